The first-order valence-electron chi connectivity index (χ1n) is 8.80. The Bertz CT molecular complexity index is 1170. The molecule has 0 aliphatic carbocycles. The fraction of sp³-hybridized carbons (Fsp3) is 0.0952. The van der Waals surface area contributed by atoms with E-state index in [4.69, 9.17) is 4.74 Å². The summed E-state index contributed by atoms with van der Waals surface area (Å²) >= 11 is 0. The Hall–Kier alpha value is -3.46. The minimum Gasteiger partial charge on any atom is -0.484 e. The van der Waals surface area contributed by atoms with Crippen molar-refractivity contribution < 1.29 is 26.7 Å². The highest BCUT2D eigenvalue weighted by molar-refractivity contribution is 7.92. The molecule has 0 aliphatic rings. The summed E-state index contributed by atoms with van der Waals surface area (Å²) in [6, 6.07) is 15.2. The number of sulfonamides is 1. The number of amides is 1. The van der Waals surface area contributed by atoms with E-state index in [1.807, 2.05) is 13.0 Å². The normalized spacial score (nSPS) is 11.0. The molecule has 0 bridgehead atoms. The lowest BCUT2D eigenvalue weighted by molar-refractivity contribution is -0.118. The third-order valence-electron chi connectivity index (χ3n) is 3.98. The number of rotatable bonds is 7. The molecule has 2 N–H and O–H groups in total. The SMILES string of the molecule is Cc1cccc(NS(=O)(=O)c2ccc(OCC(=O)Nc3ccc(F)cc3F)cc2)c1. The van der Waals surface area contributed by atoms with E-state index >= 15 is 0 Å². The highest BCUT2D eigenvalue weighted by atomic mass is 32.2. The Morgan fingerprint density at radius 3 is 2.40 bits per heavy atom. The number of nitrogens with one attached hydrogen (secondary N) is 2. The standard InChI is InChI=1S/C21H18F2N2O4S/c1-14-3-2-4-16(11-14)25-30(27,28)18-8-6-17(7-9-18)29-13-21(26)24-20-10-5-15(22)12-19(20)23/h2-12,25H,13H2,1H3,(H,24,26). The molecule has 0 aromatic heterocycles. The molecule has 0 saturated carbocycles. The number of carbonyl (C=O) groups is 1. The van der Waals surface area contributed by atoms with Crippen molar-refractivity contribution in [2.45, 2.75) is 11.8 Å². The van der Waals surface area contributed by atoms with E-state index in [1.165, 1.54) is 24.3 Å². The number of hydrogen-bond donors (Lipinski definition) is 2. The zero-order chi connectivity index (χ0) is 21.7. The smallest absolute Gasteiger partial charge is 0.262 e. The fourth-order valence-corrected chi connectivity index (χ4v) is 3.61. The van der Waals surface area contributed by atoms with Crippen LogP contribution in [0, 0.1) is 18.6 Å². The molecule has 0 saturated heterocycles. The Morgan fingerprint density at radius 2 is 1.73 bits per heavy atom. The van der Waals surface area contributed by atoms with Crippen molar-refractivity contribution in [2.24, 2.45) is 0 Å². The van der Waals surface area contributed by atoms with Crippen LogP contribution in [0.1, 0.15) is 5.56 Å². The number of benzene rings is 3. The molecule has 30 heavy (non-hydrogen) atoms. The lowest BCUT2D eigenvalue weighted by Gasteiger charge is -2.10. The molecule has 3 rings (SSSR count). The molecule has 0 unspecified atom stereocenters. The number of anilines is 2. The summed E-state index contributed by atoms with van der Waals surface area (Å²) in [7, 11) is -3.78. The van der Waals surface area contributed by atoms with Crippen LogP contribution in [-0.4, -0.2) is 20.9 Å². The lowest BCUT2D eigenvalue weighted by Crippen LogP contribution is -2.21. The molecular formula is C21H18F2N2O4S. The molecule has 0 fully saturated rings. The number of hydrogen-bond acceptors (Lipinski definition) is 4. The van der Waals surface area contributed by atoms with Gasteiger partial charge in [-0.25, -0.2) is 17.2 Å². The van der Waals surface area contributed by atoms with Crippen LogP contribution in [0.5, 0.6) is 5.75 Å². The number of aryl methyl sites for hydroxylation is 1. The van der Waals surface area contributed by atoms with Gasteiger partial charge in [-0.1, -0.05) is 12.1 Å². The van der Waals surface area contributed by atoms with Gasteiger partial charge in [0.2, 0.25) is 0 Å². The van der Waals surface area contributed by atoms with Crippen LogP contribution in [0.3, 0.4) is 0 Å². The average Bonchev–Trinajstić information content (AvgIpc) is 2.68. The van der Waals surface area contributed by atoms with E-state index < -0.39 is 34.2 Å². The largest absolute Gasteiger partial charge is 0.484 e. The van der Waals surface area contributed by atoms with Crippen molar-refractivity contribution in [2.75, 3.05) is 16.6 Å². The molecule has 156 valence electrons. The molecule has 9 heteroatoms. The Kier molecular flexibility index (Phi) is 6.31. The predicted molar refractivity (Wildman–Crippen MR) is 109 cm³/mol. The first-order valence-corrected chi connectivity index (χ1v) is 10.3. The van der Waals surface area contributed by atoms with Crippen molar-refractivity contribution in [1.29, 1.82) is 0 Å². The van der Waals surface area contributed by atoms with E-state index in [1.54, 1.807) is 18.2 Å². The molecule has 1 amide bonds. The molecule has 3 aromatic carbocycles. The van der Waals surface area contributed by atoms with Gasteiger partial charge in [-0.15, -0.1) is 0 Å². The van der Waals surface area contributed by atoms with Gasteiger partial charge in [-0.3, -0.25) is 9.52 Å². The van der Waals surface area contributed by atoms with Crippen LogP contribution in [0.4, 0.5) is 20.2 Å². The maximum absolute atomic E-state index is 13.6. The van der Waals surface area contributed by atoms with Crippen molar-refractivity contribution in [3.8, 4) is 5.75 Å². The van der Waals surface area contributed by atoms with E-state index in [0.29, 0.717) is 11.8 Å². The second kappa shape index (κ2) is 8.91. The average molecular weight is 432 g/mol. The minimum absolute atomic E-state index is 0.0224. The highest BCUT2D eigenvalue weighted by Crippen LogP contribution is 2.20. The van der Waals surface area contributed by atoms with Gasteiger partial charge in [-0.05, 0) is 61.0 Å². The van der Waals surface area contributed by atoms with Crippen molar-refractivity contribution >= 4 is 27.3 Å². The molecule has 0 atom stereocenters. The number of halogens is 2. The zero-order valence-electron chi connectivity index (χ0n) is 15.9. The van der Waals surface area contributed by atoms with Gasteiger partial charge in [0.25, 0.3) is 15.9 Å². The van der Waals surface area contributed by atoms with Gasteiger partial charge in [-0.2, -0.15) is 0 Å². The van der Waals surface area contributed by atoms with Gasteiger partial charge in [0.05, 0.1) is 10.6 Å². The van der Waals surface area contributed by atoms with Crippen LogP contribution in [0.2, 0.25) is 0 Å². The Balaban J connectivity index is 1.59. The predicted octanol–water partition coefficient (Wildman–Crippen LogP) is 4.09. The summed E-state index contributed by atoms with van der Waals surface area (Å²) in [5.74, 6) is -2.06. The first kappa shape index (κ1) is 21.3. The summed E-state index contributed by atoms with van der Waals surface area (Å²) in [6.45, 7) is 1.41. The van der Waals surface area contributed by atoms with Gasteiger partial charge >= 0.3 is 0 Å². The van der Waals surface area contributed by atoms with Crippen LogP contribution in [0.15, 0.2) is 71.6 Å². The van der Waals surface area contributed by atoms with E-state index in [0.717, 1.165) is 17.7 Å². The summed E-state index contributed by atoms with van der Waals surface area (Å²) < 4.78 is 59.1. The minimum atomic E-state index is -3.78. The second-order valence-electron chi connectivity index (χ2n) is 6.41. The second-order valence-corrected chi connectivity index (χ2v) is 8.09. The third kappa shape index (κ3) is 5.54. The molecule has 0 radical (unpaired) electrons. The van der Waals surface area contributed by atoms with Gasteiger partial charge in [0, 0.05) is 11.8 Å². The fourth-order valence-electron chi connectivity index (χ4n) is 2.56. The summed E-state index contributed by atoms with van der Waals surface area (Å²) in [5.41, 5.74) is 1.19. The number of ether oxygens (including phenoxy) is 1. The van der Waals surface area contributed by atoms with Crippen molar-refractivity contribution in [1.82, 2.24) is 0 Å². The quantitative estimate of drug-likeness (QED) is 0.589. The molecule has 3 aromatic rings. The Labute approximate surface area is 172 Å². The first-order chi connectivity index (χ1) is 14.2. The van der Waals surface area contributed by atoms with Gasteiger partial charge < -0.3 is 10.1 Å². The van der Waals surface area contributed by atoms with Gasteiger partial charge in [0.15, 0.2) is 6.61 Å². The molecule has 0 heterocycles. The van der Waals surface area contributed by atoms with Crippen LogP contribution >= 0.6 is 0 Å². The number of carbonyl (C=O) groups excluding carboxylic acids is 1. The monoisotopic (exact) mass is 432 g/mol. The molecule has 0 spiro atoms. The molecule has 6 nitrogen and oxygen atoms in total. The maximum atomic E-state index is 13.6. The Morgan fingerprint density at radius 1 is 1.00 bits per heavy atom. The maximum Gasteiger partial charge on any atom is 0.262 e. The van der Waals surface area contributed by atoms with E-state index in [9.17, 15) is 22.0 Å². The summed E-state index contributed by atoms with van der Waals surface area (Å²) in [5, 5.41) is 2.26. The zero-order valence-corrected chi connectivity index (χ0v) is 16.7. The lowest BCUT2D eigenvalue weighted by atomic mass is 10.2. The van der Waals surface area contributed by atoms with Crippen LogP contribution < -0.4 is 14.8 Å². The summed E-state index contributed by atoms with van der Waals surface area (Å²) in [6.07, 6.45) is 0. The molecule has 0 aliphatic heterocycles. The third-order valence-corrected chi connectivity index (χ3v) is 5.38. The van der Waals surface area contributed by atoms with Crippen molar-refractivity contribution in [3.63, 3.8) is 0 Å². The van der Waals surface area contributed by atoms with E-state index in [2.05, 4.69) is 10.0 Å². The van der Waals surface area contributed by atoms with E-state index in [-0.39, 0.29) is 16.3 Å². The molecular weight excluding hydrogens is 414 g/mol. The van der Waals surface area contributed by atoms with Gasteiger partial charge in [0.1, 0.15) is 17.4 Å². The highest BCUT2D eigenvalue weighted by Gasteiger charge is 2.15. The van der Waals surface area contributed by atoms with Crippen molar-refractivity contribution in [3.05, 3.63) is 83.9 Å². The topological polar surface area (TPSA) is 84.5 Å². The van der Waals surface area contributed by atoms with Crippen LogP contribution in [-0.2, 0) is 14.8 Å². The van der Waals surface area contributed by atoms with Crippen LogP contribution in [0.25, 0.3) is 0 Å². The summed E-state index contributed by atoms with van der Waals surface area (Å²) in [4.78, 5) is 11.9.